The van der Waals surface area contributed by atoms with Crippen molar-refractivity contribution < 1.29 is 14.0 Å². The molecule has 2 aromatic carbocycles. The number of rotatable bonds is 5. The molecule has 3 rings (SSSR count). The zero-order chi connectivity index (χ0) is 21.7. The molecule has 0 saturated carbocycles. The number of ketones is 1. The van der Waals surface area contributed by atoms with Gasteiger partial charge in [0.05, 0.1) is 6.26 Å². The van der Waals surface area contributed by atoms with Crippen molar-refractivity contribution in [3.63, 3.8) is 0 Å². The molecule has 1 amide bonds. The molecule has 6 heteroatoms. The summed E-state index contributed by atoms with van der Waals surface area (Å²) in [6.45, 7) is 6.37. The van der Waals surface area contributed by atoms with Crippen LogP contribution in [0.1, 0.15) is 52.8 Å². The van der Waals surface area contributed by atoms with Crippen LogP contribution in [0, 0.1) is 0 Å². The first kappa shape index (κ1) is 21.5. The van der Waals surface area contributed by atoms with E-state index in [-0.39, 0.29) is 28.6 Å². The van der Waals surface area contributed by atoms with Gasteiger partial charge >= 0.3 is 0 Å². The largest absolute Gasteiger partial charge is 0.461 e. The first-order valence-electron chi connectivity index (χ1n) is 9.61. The first-order valence-corrected chi connectivity index (χ1v) is 10.0. The van der Waals surface area contributed by atoms with E-state index in [1.54, 1.807) is 36.4 Å². The van der Waals surface area contributed by atoms with Gasteiger partial charge in [0, 0.05) is 17.7 Å². The van der Waals surface area contributed by atoms with Crippen LogP contribution >= 0.6 is 12.2 Å². The molecule has 3 aromatic rings. The summed E-state index contributed by atoms with van der Waals surface area (Å²) in [6, 6.07) is 18.1. The molecule has 0 spiro atoms. The predicted octanol–water partition coefficient (Wildman–Crippen LogP) is 5.13. The summed E-state index contributed by atoms with van der Waals surface area (Å²) in [7, 11) is 0. The Bertz CT molecular complexity index is 1030. The van der Waals surface area contributed by atoms with Gasteiger partial charge in [-0.1, -0.05) is 45.0 Å². The highest BCUT2D eigenvalue weighted by atomic mass is 32.1. The second-order valence-electron chi connectivity index (χ2n) is 8.01. The molecular weight excluding hydrogens is 396 g/mol. The monoisotopic (exact) mass is 420 g/mol. The van der Waals surface area contributed by atoms with Crippen LogP contribution in [-0.2, 0) is 11.8 Å². The molecule has 0 fully saturated rings. The molecule has 30 heavy (non-hydrogen) atoms. The van der Waals surface area contributed by atoms with Gasteiger partial charge < -0.3 is 9.73 Å². The zero-order valence-corrected chi connectivity index (χ0v) is 18.0. The van der Waals surface area contributed by atoms with Crippen molar-refractivity contribution >= 4 is 34.7 Å². The number of furan rings is 1. The van der Waals surface area contributed by atoms with Gasteiger partial charge in [-0.25, -0.2) is 0 Å². The minimum absolute atomic E-state index is 0.0284. The Morgan fingerprint density at radius 3 is 2.20 bits per heavy atom. The fourth-order valence-corrected chi connectivity index (χ4v) is 3.09. The number of thiocarbonyl (C=S) groups is 1. The number of nitrogens with one attached hydrogen (secondary N) is 2. The van der Waals surface area contributed by atoms with Gasteiger partial charge in [-0.05, 0) is 65.2 Å². The normalized spacial score (nSPS) is 11.0. The Morgan fingerprint density at radius 1 is 0.967 bits per heavy atom. The maximum Gasteiger partial charge on any atom is 0.257 e. The third-order valence-electron chi connectivity index (χ3n) is 4.61. The fourth-order valence-electron chi connectivity index (χ4n) is 2.87. The molecule has 0 unspecified atom stereocenters. The van der Waals surface area contributed by atoms with Crippen LogP contribution < -0.4 is 10.6 Å². The summed E-state index contributed by atoms with van der Waals surface area (Å²) in [5, 5.41) is 5.87. The van der Waals surface area contributed by atoms with Crippen molar-refractivity contribution in [3.8, 4) is 0 Å². The Hall–Kier alpha value is -3.25. The highest BCUT2D eigenvalue weighted by Gasteiger charge is 2.15. The van der Waals surface area contributed by atoms with Gasteiger partial charge in [-0.2, -0.15) is 0 Å². The number of anilines is 1. The minimum Gasteiger partial charge on any atom is -0.461 e. The number of Topliss-reactive ketones (excluding diaryl/α,β-unsaturated/α-hetero) is 1. The van der Waals surface area contributed by atoms with Crippen molar-refractivity contribution in [2.75, 3.05) is 5.32 Å². The van der Waals surface area contributed by atoms with Crippen LogP contribution in [0.25, 0.3) is 0 Å². The van der Waals surface area contributed by atoms with Gasteiger partial charge in [0.2, 0.25) is 5.78 Å². The van der Waals surface area contributed by atoms with Crippen LogP contribution in [0.4, 0.5) is 5.69 Å². The van der Waals surface area contributed by atoms with Gasteiger partial charge in [0.1, 0.15) is 0 Å². The molecule has 2 N–H and O–H groups in total. The topological polar surface area (TPSA) is 71.3 Å². The maximum absolute atomic E-state index is 12.4. The van der Waals surface area contributed by atoms with E-state index < -0.39 is 0 Å². The number of benzene rings is 2. The number of hydrogen-bond donors (Lipinski definition) is 2. The number of hydrogen-bond acceptors (Lipinski definition) is 4. The average Bonchev–Trinajstić information content (AvgIpc) is 3.24. The van der Waals surface area contributed by atoms with E-state index in [0.29, 0.717) is 11.3 Å². The molecule has 0 atom stereocenters. The molecule has 1 heterocycles. The van der Waals surface area contributed by atoms with Crippen LogP contribution in [0.3, 0.4) is 0 Å². The summed E-state index contributed by atoms with van der Waals surface area (Å²) in [4.78, 5) is 24.5. The summed E-state index contributed by atoms with van der Waals surface area (Å²) in [6.07, 6.45) is 1.73. The molecule has 5 nitrogen and oxygen atoms in total. The molecule has 0 saturated heterocycles. The number of amides is 1. The van der Waals surface area contributed by atoms with Crippen molar-refractivity contribution in [2.45, 2.75) is 32.6 Å². The predicted molar refractivity (Wildman–Crippen MR) is 122 cm³/mol. The summed E-state index contributed by atoms with van der Waals surface area (Å²) < 4.78 is 5.12. The van der Waals surface area contributed by atoms with E-state index in [1.165, 1.54) is 6.26 Å². The summed E-state index contributed by atoms with van der Waals surface area (Å²) >= 11 is 5.24. The Kier molecular flexibility index (Phi) is 6.47. The molecule has 0 aliphatic rings. The fraction of sp³-hybridized carbons (Fsp3) is 0.208. The Balaban J connectivity index is 1.54. The third kappa shape index (κ3) is 5.64. The molecular formula is C24H24N2O3S. The average molecular weight is 421 g/mol. The van der Waals surface area contributed by atoms with Crippen molar-refractivity contribution in [1.29, 1.82) is 0 Å². The Morgan fingerprint density at radius 2 is 1.63 bits per heavy atom. The van der Waals surface area contributed by atoms with Crippen molar-refractivity contribution in [3.05, 3.63) is 89.4 Å². The van der Waals surface area contributed by atoms with E-state index in [1.807, 2.05) is 24.3 Å². The molecule has 0 radical (unpaired) electrons. The smallest absolute Gasteiger partial charge is 0.257 e. The van der Waals surface area contributed by atoms with Gasteiger partial charge in [-0.3, -0.25) is 14.9 Å². The van der Waals surface area contributed by atoms with E-state index in [0.717, 1.165) is 16.8 Å². The van der Waals surface area contributed by atoms with Crippen LogP contribution in [0.5, 0.6) is 0 Å². The quantitative estimate of drug-likeness (QED) is 0.442. The van der Waals surface area contributed by atoms with Crippen molar-refractivity contribution in [1.82, 2.24) is 5.32 Å². The maximum atomic E-state index is 12.4. The number of carbonyl (C=O) groups is 2. The van der Waals surface area contributed by atoms with E-state index in [4.69, 9.17) is 16.6 Å². The van der Waals surface area contributed by atoms with Gasteiger partial charge in [0.15, 0.2) is 10.9 Å². The third-order valence-corrected chi connectivity index (χ3v) is 4.82. The van der Waals surface area contributed by atoms with E-state index in [9.17, 15) is 9.59 Å². The zero-order valence-electron chi connectivity index (χ0n) is 17.2. The molecule has 0 aliphatic heterocycles. The molecule has 0 aliphatic carbocycles. The van der Waals surface area contributed by atoms with Gasteiger partial charge in [-0.15, -0.1) is 0 Å². The molecule has 154 valence electrons. The van der Waals surface area contributed by atoms with Crippen molar-refractivity contribution in [2.24, 2.45) is 0 Å². The second-order valence-corrected chi connectivity index (χ2v) is 8.42. The van der Waals surface area contributed by atoms with Crippen LogP contribution in [0.2, 0.25) is 0 Å². The first-order chi connectivity index (χ1) is 14.2. The standard InChI is InChI=1S/C24H24N2O3S/c1-24(2,3)18-10-8-17(9-11-18)22(28)26-23(30)25-19-12-6-16(7-13-19)15-20(27)21-5-4-14-29-21/h4-14H,15H2,1-3H3,(H2,25,26,28,30). The summed E-state index contributed by atoms with van der Waals surface area (Å²) in [5.74, 6) is -0.00813. The highest BCUT2D eigenvalue weighted by Crippen LogP contribution is 2.22. The SMILES string of the molecule is CC(C)(C)c1ccc(C(=O)NC(=S)Nc2ccc(CC(=O)c3ccco3)cc2)cc1. The van der Waals surface area contributed by atoms with Crippen LogP contribution in [-0.4, -0.2) is 16.8 Å². The second kappa shape index (κ2) is 9.05. The minimum atomic E-state index is -0.270. The molecule has 0 bridgehead atoms. The number of carbonyl (C=O) groups excluding carboxylic acids is 2. The lowest BCUT2D eigenvalue weighted by Crippen LogP contribution is -2.34. The Labute approximate surface area is 181 Å². The lowest BCUT2D eigenvalue weighted by atomic mass is 9.87. The molecule has 1 aromatic heterocycles. The summed E-state index contributed by atoms with van der Waals surface area (Å²) in [5.41, 5.74) is 3.30. The lowest BCUT2D eigenvalue weighted by Gasteiger charge is -2.19. The van der Waals surface area contributed by atoms with E-state index >= 15 is 0 Å². The van der Waals surface area contributed by atoms with E-state index in [2.05, 4.69) is 31.4 Å². The van der Waals surface area contributed by atoms with Crippen LogP contribution in [0.15, 0.2) is 71.3 Å². The highest BCUT2D eigenvalue weighted by molar-refractivity contribution is 7.80. The lowest BCUT2D eigenvalue weighted by molar-refractivity contribution is 0.0962. The van der Waals surface area contributed by atoms with Gasteiger partial charge in [0.25, 0.3) is 5.91 Å².